The van der Waals surface area contributed by atoms with Crippen LogP contribution in [0.5, 0.6) is 0 Å². The zero-order valence-corrected chi connectivity index (χ0v) is 13.5. The van der Waals surface area contributed by atoms with Gasteiger partial charge in [-0.05, 0) is 59.7 Å². The maximum Gasteiger partial charge on any atom is 0.0464 e. The van der Waals surface area contributed by atoms with Gasteiger partial charge in [-0.15, -0.1) is 0 Å². The van der Waals surface area contributed by atoms with E-state index in [0.29, 0.717) is 13.1 Å². The lowest BCUT2D eigenvalue weighted by Crippen LogP contribution is -2.11. The molecule has 3 aromatic rings. The molecular formula is C20H22N4. The molecule has 0 heterocycles. The largest absolute Gasteiger partial charge is 0.399 e. The van der Waals surface area contributed by atoms with Crippen molar-refractivity contribution in [2.45, 2.75) is 13.1 Å². The molecule has 6 N–H and O–H groups in total. The van der Waals surface area contributed by atoms with E-state index >= 15 is 0 Å². The first-order chi connectivity index (χ1) is 11.7. The van der Waals surface area contributed by atoms with Gasteiger partial charge in [0.25, 0.3) is 0 Å². The molecule has 0 aliphatic heterocycles. The monoisotopic (exact) mass is 318 g/mol. The summed E-state index contributed by atoms with van der Waals surface area (Å²) in [6, 6.07) is 24.3. The van der Waals surface area contributed by atoms with Gasteiger partial charge in [0.05, 0.1) is 0 Å². The number of hydrogen-bond acceptors (Lipinski definition) is 4. The van der Waals surface area contributed by atoms with Gasteiger partial charge in [-0.1, -0.05) is 24.3 Å². The normalized spacial score (nSPS) is 10.6. The van der Waals surface area contributed by atoms with E-state index in [-0.39, 0.29) is 0 Å². The van der Waals surface area contributed by atoms with E-state index in [0.717, 1.165) is 33.9 Å². The number of nitrogens with two attached hydrogens (primary N) is 3. The van der Waals surface area contributed by atoms with Crippen molar-refractivity contribution < 1.29 is 0 Å². The molecular weight excluding hydrogens is 296 g/mol. The zero-order valence-electron chi connectivity index (χ0n) is 13.5. The Morgan fingerprint density at radius 2 is 1.12 bits per heavy atom. The zero-order chi connectivity index (χ0) is 16.9. The van der Waals surface area contributed by atoms with Crippen LogP contribution in [0.4, 0.5) is 22.7 Å². The maximum absolute atomic E-state index is 5.84. The van der Waals surface area contributed by atoms with Crippen LogP contribution in [0.25, 0.3) is 0 Å². The predicted octanol–water partition coefficient (Wildman–Crippen LogP) is 3.66. The fourth-order valence-electron chi connectivity index (χ4n) is 2.72. The highest BCUT2D eigenvalue weighted by molar-refractivity contribution is 5.77. The molecule has 0 spiro atoms. The van der Waals surface area contributed by atoms with Crippen LogP contribution >= 0.6 is 0 Å². The first kappa shape index (κ1) is 16.1. The summed E-state index contributed by atoms with van der Waals surface area (Å²) in [5.41, 5.74) is 23.5. The molecule has 4 heteroatoms. The highest BCUT2D eigenvalue weighted by atomic mass is 15.1. The Labute approximate surface area is 142 Å². The van der Waals surface area contributed by atoms with Crippen LogP contribution in [-0.2, 0) is 13.1 Å². The Hall–Kier alpha value is -2.82. The summed E-state index contributed by atoms with van der Waals surface area (Å²) >= 11 is 0. The van der Waals surface area contributed by atoms with Gasteiger partial charge < -0.3 is 22.1 Å². The molecule has 0 fully saturated rings. The third-order valence-electron chi connectivity index (χ3n) is 3.96. The number of anilines is 4. The smallest absolute Gasteiger partial charge is 0.0464 e. The maximum atomic E-state index is 5.84. The van der Waals surface area contributed by atoms with Crippen LogP contribution in [0, 0.1) is 0 Å². The second-order valence-corrected chi connectivity index (χ2v) is 5.67. The van der Waals surface area contributed by atoms with Gasteiger partial charge in [-0.3, -0.25) is 0 Å². The molecule has 24 heavy (non-hydrogen) atoms. The van der Waals surface area contributed by atoms with Gasteiger partial charge in [0.2, 0.25) is 0 Å². The van der Waals surface area contributed by atoms with E-state index < -0.39 is 0 Å². The van der Waals surface area contributed by atoms with Gasteiger partial charge >= 0.3 is 0 Å². The minimum absolute atomic E-state index is 0.506. The Kier molecular flexibility index (Phi) is 4.79. The van der Waals surface area contributed by atoms with Crippen molar-refractivity contribution in [1.82, 2.24) is 0 Å². The molecule has 0 amide bonds. The van der Waals surface area contributed by atoms with Crippen LogP contribution in [0.3, 0.4) is 0 Å². The molecule has 0 aliphatic rings. The molecule has 0 saturated carbocycles. The second kappa shape index (κ2) is 7.17. The standard InChI is InChI=1S/C20H22N4/c21-13-15-3-1-5-19(11-15)24(18-9-7-17(23)8-10-18)20-6-2-4-16(12-20)14-22/h1-12H,13-14,21-23H2. The van der Waals surface area contributed by atoms with E-state index in [1.54, 1.807) is 0 Å². The third-order valence-corrected chi connectivity index (χ3v) is 3.96. The summed E-state index contributed by atoms with van der Waals surface area (Å²) in [6.45, 7) is 1.01. The average Bonchev–Trinajstić information content (AvgIpc) is 2.64. The van der Waals surface area contributed by atoms with Crippen molar-refractivity contribution in [2.24, 2.45) is 11.5 Å². The van der Waals surface area contributed by atoms with Crippen molar-refractivity contribution in [1.29, 1.82) is 0 Å². The minimum Gasteiger partial charge on any atom is -0.399 e. The van der Waals surface area contributed by atoms with Crippen LogP contribution in [0.15, 0.2) is 72.8 Å². The summed E-state index contributed by atoms with van der Waals surface area (Å²) in [4.78, 5) is 2.18. The second-order valence-electron chi connectivity index (χ2n) is 5.67. The molecule has 4 nitrogen and oxygen atoms in total. The molecule has 0 aromatic heterocycles. The van der Waals surface area contributed by atoms with Gasteiger partial charge in [-0.25, -0.2) is 0 Å². The van der Waals surface area contributed by atoms with E-state index in [4.69, 9.17) is 17.2 Å². The van der Waals surface area contributed by atoms with E-state index in [9.17, 15) is 0 Å². The Bertz CT molecular complexity index is 764. The quantitative estimate of drug-likeness (QED) is 0.627. The average molecular weight is 318 g/mol. The van der Waals surface area contributed by atoms with Crippen molar-refractivity contribution in [3.63, 3.8) is 0 Å². The van der Waals surface area contributed by atoms with Gasteiger partial charge in [0, 0.05) is 35.8 Å². The topological polar surface area (TPSA) is 81.3 Å². The van der Waals surface area contributed by atoms with Gasteiger partial charge in [-0.2, -0.15) is 0 Å². The lowest BCUT2D eigenvalue weighted by Gasteiger charge is -2.26. The summed E-state index contributed by atoms with van der Waals surface area (Å²) < 4.78 is 0. The molecule has 0 saturated heterocycles. The highest BCUT2D eigenvalue weighted by Crippen LogP contribution is 2.35. The van der Waals surface area contributed by atoms with E-state index in [1.807, 2.05) is 48.5 Å². The van der Waals surface area contributed by atoms with Crippen molar-refractivity contribution in [2.75, 3.05) is 10.6 Å². The van der Waals surface area contributed by atoms with E-state index in [2.05, 4.69) is 29.2 Å². The van der Waals surface area contributed by atoms with Crippen LogP contribution in [0.2, 0.25) is 0 Å². The Morgan fingerprint density at radius 1 is 0.625 bits per heavy atom. The molecule has 0 unspecified atom stereocenters. The molecule has 0 atom stereocenters. The molecule has 122 valence electrons. The minimum atomic E-state index is 0.506. The number of nitrogen functional groups attached to an aromatic ring is 1. The first-order valence-corrected chi connectivity index (χ1v) is 7.95. The Morgan fingerprint density at radius 3 is 1.58 bits per heavy atom. The number of hydrogen-bond donors (Lipinski definition) is 3. The summed E-state index contributed by atoms with van der Waals surface area (Å²) in [6.07, 6.45) is 0. The Balaban J connectivity index is 2.14. The predicted molar refractivity (Wildman–Crippen MR) is 101 cm³/mol. The lowest BCUT2D eigenvalue weighted by molar-refractivity contribution is 1.06. The summed E-state index contributed by atoms with van der Waals surface area (Å²) in [5, 5.41) is 0. The molecule has 3 aromatic carbocycles. The third kappa shape index (κ3) is 3.40. The number of benzene rings is 3. The van der Waals surface area contributed by atoms with Crippen molar-refractivity contribution in [3.8, 4) is 0 Å². The van der Waals surface area contributed by atoms with E-state index in [1.165, 1.54) is 0 Å². The van der Waals surface area contributed by atoms with Crippen LogP contribution < -0.4 is 22.1 Å². The van der Waals surface area contributed by atoms with Gasteiger partial charge in [0.15, 0.2) is 0 Å². The fourth-order valence-corrected chi connectivity index (χ4v) is 2.72. The number of rotatable bonds is 5. The van der Waals surface area contributed by atoms with Crippen LogP contribution in [-0.4, -0.2) is 0 Å². The van der Waals surface area contributed by atoms with Crippen LogP contribution in [0.1, 0.15) is 11.1 Å². The molecule has 0 bridgehead atoms. The number of nitrogens with zero attached hydrogens (tertiary/aromatic N) is 1. The van der Waals surface area contributed by atoms with Crippen molar-refractivity contribution in [3.05, 3.63) is 83.9 Å². The lowest BCUT2D eigenvalue weighted by atomic mass is 10.1. The first-order valence-electron chi connectivity index (χ1n) is 7.95. The van der Waals surface area contributed by atoms with Crippen molar-refractivity contribution >= 4 is 22.7 Å². The molecule has 3 rings (SSSR count). The summed E-state index contributed by atoms with van der Waals surface area (Å²) in [7, 11) is 0. The molecule has 0 radical (unpaired) electrons. The highest BCUT2D eigenvalue weighted by Gasteiger charge is 2.13. The molecule has 0 aliphatic carbocycles. The van der Waals surface area contributed by atoms with Gasteiger partial charge in [0.1, 0.15) is 0 Å². The fraction of sp³-hybridized carbons (Fsp3) is 0.100. The summed E-state index contributed by atoms with van der Waals surface area (Å²) in [5.74, 6) is 0. The SMILES string of the molecule is NCc1cccc(N(c2ccc(N)cc2)c2cccc(CN)c2)c1.